The van der Waals surface area contributed by atoms with Gasteiger partial charge in [-0.15, -0.1) is 0 Å². The summed E-state index contributed by atoms with van der Waals surface area (Å²) in [5.74, 6) is -0.268. The number of allylic oxidation sites excluding steroid dienone is 9. The smallest absolute Gasteiger partial charge is 0.220 e. The van der Waals surface area contributed by atoms with Crippen molar-refractivity contribution in [1.29, 1.82) is 0 Å². The van der Waals surface area contributed by atoms with Gasteiger partial charge in [0, 0.05) is 6.42 Å². The zero-order valence-electron chi connectivity index (χ0n) is 46.1. The van der Waals surface area contributed by atoms with Crippen molar-refractivity contribution in [3.8, 4) is 0 Å². The predicted molar refractivity (Wildman–Crippen MR) is 295 cm³/mol. The monoisotopic (exact) mass is 1050 g/mol. The highest BCUT2D eigenvalue weighted by molar-refractivity contribution is 5.76. The van der Waals surface area contributed by atoms with Crippen LogP contribution in [0.4, 0.5) is 0 Å². The van der Waals surface area contributed by atoms with Crippen LogP contribution >= 0.6 is 0 Å². The van der Waals surface area contributed by atoms with Crippen molar-refractivity contribution in [2.24, 2.45) is 0 Å². The van der Waals surface area contributed by atoms with E-state index in [1.54, 1.807) is 6.08 Å². The van der Waals surface area contributed by atoms with Crippen LogP contribution in [0, 0.1) is 0 Å². The maximum Gasteiger partial charge on any atom is 0.220 e. The second-order valence-corrected chi connectivity index (χ2v) is 20.7. The summed E-state index contributed by atoms with van der Waals surface area (Å²) in [4.78, 5) is 13.2. The molecule has 12 unspecified atom stereocenters. The van der Waals surface area contributed by atoms with Crippen molar-refractivity contribution in [3.63, 3.8) is 0 Å². The number of nitrogens with one attached hydrogen (secondary N) is 1. The first-order chi connectivity index (χ1) is 36.1. The fourth-order valence-corrected chi connectivity index (χ4v) is 9.35. The molecule has 14 heteroatoms. The van der Waals surface area contributed by atoms with E-state index in [9.17, 15) is 45.6 Å². The average Bonchev–Trinajstić information content (AvgIpc) is 3.40. The lowest BCUT2D eigenvalue weighted by atomic mass is 9.97. The number of carbonyl (C=O) groups is 1. The van der Waals surface area contributed by atoms with Gasteiger partial charge in [-0.2, -0.15) is 0 Å². The number of amides is 1. The Morgan fingerprint density at radius 1 is 0.486 bits per heavy atom. The standard InChI is InChI=1S/C60H107NO13/c1-3-5-7-9-11-13-15-17-19-21-22-23-24-25-26-27-28-29-31-33-35-37-39-41-43-49(64)48(61-52(65)44-42-40-38-36-34-32-30-20-18-16-14-12-10-8-6-4-2)47-71-59-57(70)55(68)58(51(46-63)73-59)74-60-56(69)54(67)53(66)50(45-62)72-60/h14,16,20,27-28,30,33,35,41,43,48-51,53-60,62-64,66-70H,3-13,15,17-19,21-26,29,31-32,34,36-40,42,44-47H2,1-2H3,(H,61,65)/b16-14-,28-27+,30-20-,35-33+,43-41+. The van der Waals surface area contributed by atoms with Crippen molar-refractivity contribution < 1.29 is 64.6 Å². The highest BCUT2D eigenvalue weighted by atomic mass is 16.7. The molecule has 0 spiro atoms. The van der Waals surface area contributed by atoms with Crippen LogP contribution in [-0.4, -0.2) is 140 Å². The van der Waals surface area contributed by atoms with Crippen LogP contribution in [0.2, 0.25) is 0 Å². The second kappa shape index (κ2) is 45.7. The van der Waals surface area contributed by atoms with Gasteiger partial charge < -0.3 is 65.1 Å². The lowest BCUT2D eigenvalue weighted by Crippen LogP contribution is -2.65. The minimum atomic E-state index is -1.80. The number of hydrogen-bond acceptors (Lipinski definition) is 13. The highest BCUT2D eigenvalue weighted by Crippen LogP contribution is 2.30. The molecule has 0 aromatic rings. The molecule has 0 saturated carbocycles. The Balaban J connectivity index is 1.80. The number of carbonyl (C=O) groups excluding carboxylic acids is 1. The van der Waals surface area contributed by atoms with Crippen LogP contribution < -0.4 is 5.32 Å². The first-order valence-corrected chi connectivity index (χ1v) is 29.5. The zero-order valence-corrected chi connectivity index (χ0v) is 46.1. The molecule has 1 amide bonds. The molecule has 0 radical (unpaired) electrons. The highest BCUT2D eigenvalue weighted by Gasteiger charge is 2.51. The van der Waals surface area contributed by atoms with Crippen molar-refractivity contribution in [2.45, 2.75) is 293 Å². The van der Waals surface area contributed by atoms with Gasteiger partial charge in [-0.25, -0.2) is 0 Å². The minimum Gasteiger partial charge on any atom is -0.394 e. The van der Waals surface area contributed by atoms with Crippen LogP contribution in [0.5, 0.6) is 0 Å². The van der Waals surface area contributed by atoms with Gasteiger partial charge >= 0.3 is 0 Å². The molecule has 2 aliphatic rings. The fraction of sp³-hybridized carbons (Fsp3) is 0.817. The van der Waals surface area contributed by atoms with Crippen LogP contribution in [0.3, 0.4) is 0 Å². The largest absolute Gasteiger partial charge is 0.394 e. The molecule has 0 aliphatic carbocycles. The van der Waals surface area contributed by atoms with Gasteiger partial charge in [-0.3, -0.25) is 4.79 Å². The van der Waals surface area contributed by atoms with E-state index in [0.717, 1.165) is 70.6 Å². The molecule has 0 bridgehead atoms. The average molecular weight is 1050 g/mol. The molecular formula is C60H107NO13. The van der Waals surface area contributed by atoms with E-state index in [0.29, 0.717) is 12.8 Å². The lowest BCUT2D eigenvalue weighted by molar-refractivity contribution is -0.359. The second-order valence-electron chi connectivity index (χ2n) is 20.7. The summed E-state index contributed by atoms with van der Waals surface area (Å²) in [5.41, 5.74) is 0. The van der Waals surface area contributed by atoms with Crippen LogP contribution in [0.15, 0.2) is 60.8 Å². The lowest BCUT2D eigenvalue weighted by Gasteiger charge is -2.46. The third-order valence-electron chi connectivity index (χ3n) is 14.2. The van der Waals surface area contributed by atoms with Crippen LogP contribution in [0.25, 0.3) is 0 Å². The number of unbranched alkanes of at least 4 members (excludes halogenated alkanes) is 25. The van der Waals surface area contributed by atoms with Gasteiger partial charge in [0.05, 0.1) is 32.0 Å². The Morgan fingerprint density at radius 2 is 0.905 bits per heavy atom. The number of aliphatic hydroxyl groups is 8. The van der Waals surface area contributed by atoms with Crippen molar-refractivity contribution in [3.05, 3.63) is 60.8 Å². The minimum absolute atomic E-state index is 0.252. The van der Waals surface area contributed by atoms with Gasteiger partial charge in [-0.05, 0) is 77.0 Å². The quantitative estimate of drug-likeness (QED) is 0.0205. The zero-order chi connectivity index (χ0) is 53.9. The van der Waals surface area contributed by atoms with Gasteiger partial charge in [0.1, 0.15) is 48.8 Å². The topological polar surface area (TPSA) is 228 Å². The molecule has 12 atom stereocenters. The Kier molecular flexibility index (Phi) is 41.9. The Hall–Kier alpha value is -2.31. The van der Waals surface area contributed by atoms with E-state index >= 15 is 0 Å². The maximum absolute atomic E-state index is 13.2. The fourth-order valence-electron chi connectivity index (χ4n) is 9.35. The summed E-state index contributed by atoms with van der Waals surface area (Å²) in [6.07, 6.45) is 41.2. The molecule has 2 saturated heterocycles. The Bertz CT molecular complexity index is 1470. The summed E-state index contributed by atoms with van der Waals surface area (Å²) < 4.78 is 22.7. The molecule has 14 nitrogen and oxygen atoms in total. The van der Waals surface area contributed by atoms with Gasteiger partial charge in [0.2, 0.25) is 5.91 Å². The van der Waals surface area contributed by atoms with Crippen molar-refractivity contribution >= 4 is 5.91 Å². The third kappa shape index (κ3) is 31.2. The Labute approximate surface area is 447 Å². The number of rotatable bonds is 46. The molecule has 2 rings (SSSR count). The molecule has 74 heavy (non-hydrogen) atoms. The van der Waals surface area contributed by atoms with Gasteiger partial charge in [-0.1, -0.05) is 197 Å². The van der Waals surface area contributed by atoms with E-state index in [4.69, 9.17) is 18.9 Å². The molecule has 430 valence electrons. The first-order valence-electron chi connectivity index (χ1n) is 29.5. The summed E-state index contributed by atoms with van der Waals surface area (Å²) in [6, 6.07) is -0.947. The normalized spacial score (nSPS) is 25.6. The maximum atomic E-state index is 13.2. The molecule has 2 aliphatic heterocycles. The van der Waals surface area contributed by atoms with E-state index in [1.165, 1.54) is 116 Å². The SMILES string of the molecule is CCCCCC/C=C\C/C=C\CCCCCCCC(=O)NC(COC1OC(CO)C(OC2OC(CO)C(O)C(O)C2O)C(O)C1O)C(O)/C=C/CC/C=C/CC/C=C/CCCCCCCCCCCCCCCC. The van der Waals surface area contributed by atoms with E-state index in [1.807, 2.05) is 6.08 Å². The van der Waals surface area contributed by atoms with E-state index in [2.05, 4.69) is 67.8 Å². The molecule has 9 N–H and O–H groups in total. The summed E-state index contributed by atoms with van der Waals surface area (Å²) in [6.45, 7) is 2.74. The van der Waals surface area contributed by atoms with E-state index < -0.39 is 86.8 Å². The molecule has 0 aromatic heterocycles. The third-order valence-corrected chi connectivity index (χ3v) is 14.2. The molecule has 0 aromatic carbocycles. The first kappa shape index (κ1) is 67.8. The van der Waals surface area contributed by atoms with Crippen molar-refractivity contribution in [2.75, 3.05) is 19.8 Å². The molecular weight excluding hydrogens is 943 g/mol. The summed E-state index contributed by atoms with van der Waals surface area (Å²) in [5, 5.41) is 87.0. The van der Waals surface area contributed by atoms with Gasteiger partial charge in [0.15, 0.2) is 12.6 Å². The Morgan fingerprint density at radius 3 is 1.42 bits per heavy atom. The number of ether oxygens (including phenoxy) is 4. The summed E-state index contributed by atoms with van der Waals surface area (Å²) >= 11 is 0. The van der Waals surface area contributed by atoms with Crippen LogP contribution in [-0.2, 0) is 23.7 Å². The van der Waals surface area contributed by atoms with E-state index in [-0.39, 0.29) is 18.9 Å². The molecule has 2 fully saturated rings. The number of aliphatic hydroxyl groups excluding tert-OH is 8. The summed E-state index contributed by atoms with van der Waals surface area (Å²) in [7, 11) is 0. The van der Waals surface area contributed by atoms with Gasteiger partial charge in [0.25, 0.3) is 0 Å². The molecule has 2 heterocycles. The predicted octanol–water partition coefficient (Wildman–Crippen LogP) is 9.78. The number of hydrogen-bond donors (Lipinski definition) is 9. The van der Waals surface area contributed by atoms with Crippen molar-refractivity contribution in [1.82, 2.24) is 5.32 Å². The van der Waals surface area contributed by atoms with Crippen LogP contribution in [0.1, 0.15) is 219 Å².